The Balaban J connectivity index is 1.59. The number of rotatable bonds is 9. The van der Waals surface area contributed by atoms with E-state index < -0.39 is 10.0 Å². The van der Waals surface area contributed by atoms with Crippen molar-refractivity contribution in [2.75, 3.05) is 52.3 Å². The number of anilines is 1. The monoisotopic (exact) mass is 530 g/mol. The molecule has 194 valence electrons. The average Bonchev–Trinajstić information content (AvgIpc) is 3.29. The summed E-state index contributed by atoms with van der Waals surface area (Å²) in [5.74, 6) is 1.08. The van der Waals surface area contributed by atoms with Crippen LogP contribution in [-0.2, 0) is 10.0 Å². The van der Waals surface area contributed by atoms with Crippen molar-refractivity contribution in [3.8, 4) is 5.75 Å². The van der Waals surface area contributed by atoms with E-state index in [0.717, 1.165) is 41.8 Å². The molecule has 0 unspecified atom stereocenters. The highest BCUT2D eigenvalue weighted by atomic mass is 32.2. The van der Waals surface area contributed by atoms with Crippen molar-refractivity contribution in [3.63, 3.8) is 0 Å². The SMILES string of the molecule is COc1ccc2nc(N(CCCN(C)C)C(=O)c3ccc(S(=O)(=O)N4CCC(C)CC4)cc3)sc2c1. The van der Waals surface area contributed by atoms with Gasteiger partial charge in [-0.3, -0.25) is 9.69 Å². The first-order valence-corrected chi connectivity index (χ1v) is 14.5. The topological polar surface area (TPSA) is 83.0 Å². The van der Waals surface area contributed by atoms with E-state index in [1.54, 1.807) is 40.6 Å². The maximum absolute atomic E-state index is 13.6. The van der Waals surface area contributed by atoms with Gasteiger partial charge in [-0.25, -0.2) is 13.4 Å². The Morgan fingerprint density at radius 1 is 1.11 bits per heavy atom. The number of piperidine rings is 1. The molecular weight excluding hydrogens is 496 g/mol. The fraction of sp³-hybridized carbons (Fsp3) is 0.462. The number of fused-ring (bicyclic) bond motifs is 1. The summed E-state index contributed by atoms with van der Waals surface area (Å²) >= 11 is 1.44. The number of carbonyl (C=O) groups is 1. The zero-order valence-corrected chi connectivity index (χ0v) is 22.9. The minimum atomic E-state index is -3.57. The summed E-state index contributed by atoms with van der Waals surface area (Å²) in [5, 5.41) is 0.612. The first-order valence-electron chi connectivity index (χ1n) is 12.2. The number of benzene rings is 2. The molecule has 2 heterocycles. The molecule has 0 aliphatic carbocycles. The van der Waals surface area contributed by atoms with Crippen LogP contribution in [0.4, 0.5) is 5.13 Å². The van der Waals surface area contributed by atoms with Crippen molar-refractivity contribution >= 4 is 42.6 Å². The van der Waals surface area contributed by atoms with Crippen LogP contribution in [0.2, 0.25) is 0 Å². The largest absolute Gasteiger partial charge is 0.497 e. The lowest BCUT2D eigenvalue weighted by Crippen LogP contribution is -2.38. The highest BCUT2D eigenvalue weighted by Gasteiger charge is 2.28. The van der Waals surface area contributed by atoms with Crippen LogP contribution in [0.25, 0.3) is 10.2 Å². The zero-order valence-electron chi connectivity index (χ0n) is 21.3. The average molecular weight is 531 g/mol. The fourth-order valence-electron chi connectivity index (χ4n) is 4.26. The van der Waals surface area contributed by atoms with Gasteiger partial charge in [0.15, 0.2) is 5.13 Å². The molecule has 1 aromatic heterocycles. The normalized spacial score (nSPS) is 15.5. The lowest BCUT2D eigenvalue weighted by Gasteiger charge is -2.29. The molecule has 36 heavy (non-hydrogen) atoms. The lowest BCUT2D eigenvalue weighted by atomic mass is 10.0. The Morgan fingerprint density at radius 3 is 2.44 bits per heavy atom. The van der Waals surface area contributed by atoms with Crippen LogP contribution < -0.4 is 9.64 Å². The van der Waals surface area contributed by atoms with Crippen molar-refractivity contribution in [1.29, 1.82) is 0 Å². The highest BCUT2D eigenvalue weighted by Crippen LogP contribution is 2.32. The molecule has 4 rings (SSSR count). The van der Waals surface area contributed by atoms with Crippen LogP contribution in [-0.4, -0.2) is 75.9 Å². The Labute approximate surface area is 217 Å². The van der Waals surface area contributed by atoms with Crippen molar-refractivity contribution < 1.29 is 17.9 Å². The third-order valence-corrected chi connectivity index (χ3v) is 9.48. The van der Waals surface area contributed by atoms with E-state index in [-0.39, 0.29) is 10.8 Å². The fourth-order valence-corrected chi connectivity index (χ4v) is 6.75. The summed E-state index contributed by atoms with van der Waals surface area (Å²) in [6.07, 6.45) is 2.51. The molecule has 2 aromatic carbocycles. The molecule has 0 spiro atoms. The van der Waals surface area contributed by atoms with E-state index in [2.05, 4.69) is 11.8 Å². The van der Waals surface area contributed by atoms with Gasteiger partial charge in [-0.2, -0.15) is 4.31 Å². The molecule has 1 fully saturated rings. The van der Waals surface area contributed by atoms with Crippen molar-refractivity contribution in [1.82, 2.24) is 14.2 Å². The maximum atomic E-state index is 13.6. The van der Waals surface area contributed by atoms with E-state index >= 15 is 0 Å². The molecule has 1 amide bonds. The van der Waals surface area contributed by atoms with Crippen LogP contribution in [0.3, 0.4) is 0 Å². The Bertz CT molecular complexity index is 1300. The predicted octanol–water partition coefficient (Wildman–Crippen LogP) is 4.32. The van der Waals surface area contributed by atoms with E-state index in [1.165, 1.54) is 11.3 Å². The van der Waals surface area contributed by atoms with E-state index in [9.17, 15) is 13.2 Å². The molecule has 10 heteroatoms. The number of sulfonamides is 1. The Kier molecular flexibility index (Phi) is 8.29. The molecule has 3 aromatic rings. The minimum Gasteiger partial charge on any atom is -0.497 e. The van der Waals surface area contributed by atoms with Gasteiger partial charge in [-0.05, 0) is 88.3 Å². The number of thiazole rings is 1. The van der Waals surface area contributed by atoms with Crippen LogP contribution in [0.5, 0.6) is 5.75 Å². The molecular formula is C26H34N4O4S2. The molecule has 0 radical (unpaired) electrons. The number of aromatic nitrogens is 1. The second kappa shape index (κ2) is 11.2. The lowest BCUT2D eigenvalue weighted by molar-refractivity contribution is 0.0986. The molecule has 1 saturated heterocycles. The first kappa shape index (κ1) is 26.5. The molecule has 0 N–H and O–H groups in total. The molecule has 0 atom stereocenters. The molecule has 0 saturated carbocycles. The molecule has 0 bridgehead atoms. The quantitative estimate of drug-likeness (QED) is 0.410. The van der Waals surface area contributed by atoms with Crippen molar-refractivity contribution in [2.24, 2.45) is 5.92 Å². The number of ether oxygens (including phenoxy) is 1. The van der Waals surface area contributed by atoms with Gasteiger partial charge < -0.3 is 9.64 Å². The number of hydrogen-bond donors (Lipinski definition) is 0. The second-order valence-corrected chi connectivity index (χ2v) is 12.5. The van der Waals surface area contributed by atoms with Crippen LogP contribution in [0.15, 0.2) is 47.4 Å². The second-order valence-electron chi connectivity index (χ2n) is 9.55. The van der Waals surface area contributed by atoms with Crippen LogP contribution in [0, 0.1) is 5.92 Å². The van der Waals surface area contributed by atoms with Gasteiger partial charge in [-0.1, -0.05) is 18.3 Å². The number of hydrogen-bond acceptors (Lipinski definition) is 7. The number of nitrogens with zero attached hydrogens (tertiary/aromatic N) is 4. The van der Waals surface area contributed by atoms with E-state index in [1.807, 2.05) is 32.3 Å². The van der Waals surface area contributed by atoms with Crippen molar-refractivity contribution in [3.05, 3.63) is 48.0 Å². The van der Waals surface area contributed by atoms with Gasteiger partial charge >= 0.3 is 0 Å². The van der Waals surface area contributed by atoms with Gasteiger partial charge in [0.1, 0.15) is 5.75 Å². The maximum Gasteiger partial charge on any atom is 0.260 e. The number of carbonyl (C=O) groups excluding carboxylic acids is 1. The highest BCUT2D eigenvalue weighted by molar-refractivity contribution is 7.89. The standard InChI is InChI=1S/C26H34N4O4S2/c1-19-12-16-29(17-13-19)36(32,33)22-9-6-20(7-10-22)25(31)30(15-5-14-28(2)3)26-27-23-11-8-21(34-4)18-24(23)35-26/h6-11,18-19H,5,12-17H2,1-4H3. The molecule has 1 aliphatic heterocycles. The summed E-state index contributed by atoms with van der Waals surface area (Å²) in [6.45, 7) is 4.54. The minimum absolute atomic E-state index is 0.199. The Morgan fingerprint density at radius 2 is 1.81 bits per heavy atom. The zero-order chi connectivity index (χ0) is 25.9. The first-order chi connectivity index (χ1) is 17.2. The summed E-state index contributed by atoms with van der Waals surface area (Å²) in [4.78, 5) is 22.3. The summed E-state index contributed by atoms with van der Waals surface area (Å²) in [5.41, 5.74) is 1.24. The smallest absolute Gasteiger partial charge is 0.260 e. The van der Waals surface area contributed by atoms with Gasteiger partial charge in [0.2, 0.25) is 10.0 Å². The summed E-state index contributed by atoms with van der Waals surface area (Å²) in [6, 6.07) is 12.0. The third-order valence-electron chi connectivity index (χ3n) is 6.53. The van der Waals surface area contributed by atoms with Crippen molar-refractivity contribution in [2.45, 2.75) is 31.1 Å². The summed E-state index contributed by atoms with van der Waals surface area (Å²) < 4.78 is 34.0. The predicted molar refractivity (Wildman–Crippen MR) is 145 cm³/mol. The van der Waals surface area contributed by atoms with Gasteiger partial charge in [-0.15, -0.1) is 0 Å². The molecule has 8 nitrogen and oxygen atoms in total. The van der Waals surface area contributed by atoms with E-state index in [0.29, 0.717) is 36.2 Å². The van der Waals surface area contributed by atoms with Gasteiger partial charge in [0.05, 0.1) is 22.2 Å². The number of methoxy groups -OCH3 is 1. The molecule has 1 aliphatic rings. The van der Waals surface area contributed by atoms with Crippen LogP contribution in [0.1, 0.15) is 36.5 Å². The Hall–Kier alpha value is -2.53. The van der Waals surface area contributed by atoms with E-state index in [4.69, 9.17) is 9.72 Å². The van der Waals surface area contributed by atoms with Gasteiger partial charge in [0.25, 0.3) is 5.91 Å². The van der Waals surface area contributed by atoms with Crippen LogP contribution >= 0.6 is 11.3 Å². The summed E-state index contributed by atoms with van der Waals surface area (Å²) in [7, 11) is 2.05. The number of amides is 1. The third kappa shape index (κ3) is 5.88. The van der Waals surface area contributed by atoms with Gasteiger partial charge in [0, 0.05) is 25.2 Å².